The number of nitrogens with one attached hydrogen (secondary N) is 1. The molecule has 0 aliphatic rings. The summed E-state index contributed by atoms with van der Waals surface area (Å²) >= 11 is 6.03. The van der Waals surface area contributed by atoms with Gasteiger partial charge in [-0.3, -0.25) is 4.79 Å². The van der Waals surface area contributed by atoms with Crippen molar-refractivity contribution in [3.63, 3.8) is 0 Å². The molecule has 0 heterocycles. The molecule has 0 saturated heterocycles. The van der Waals surface area contributed by atoms with Crippen LogP contribution in [0.15, 0.2) is 24.3 Å². The Labute approximate surface area is 133 Å². The molecular formula is C17H26ClNO2. The molecule has 0 spiro atoms. The number of aryl methyl sites for hydroxylation is 1. The second-order valence-electron chi connectivity index (χ2n) is 5.53. The molecule has 0 atom stereocenters. The fourth-order valence-electron chi connectivity index (χ4n) is 2.08. The van der Waals surface area contributed by atoms with Crippen molar-refractivity contribution in [3.05, 3.63) is 29.8 Å². The lowest BCUT2D eigenvalue weighted by molar-refractivity contribution is -0.122. The standard InChI is InChI=1S/C17H26ClNO2/c1-4-17(5-2,12-18)13-19-16(20)9-10-21-15-8-6-7-14(3)11-15/h6-8,11H,4-5,9-10,12-13H2,1-3H3,(H,19,20). The lowest BCUT2D eigenvalue weighted by Crippen LogP contribution is -2.38. The lowest BCUT2D eigenvalue weighted by Gasteiger charge is -2.29. The molecule has 118 valence electrons. The van der Waals surface area contributed by atoms with Crippen LogP contribution >= 0.6 is 11.6 Å². The third-order valence-corrected chi connectivity index (χ3v) is 4.60. The Kier molecular flexibility index (Phi) is 7.58. The van der Waals surface area contributed by atoms with E-state index in [1.807, 2.05) is 31.2 Å². The summed E-state index contributed by atoms with van der Waals surface area (Å²) in [6.07, 6.45) is 2.29. The highest BCUT2D eigenvalue weighted by Gasteiger charge is 2.25. The minimum Gasteiger partial charge on any atom is -0.493 e. The summed E-state index contributed by atoms with van der Waals surface area (Å²) in [5, 5.41) is 2.97. The van der Waals surface area contributed by atoms with Gasteiger partial charge in [0, 0.05) is 17.8 Å². The molecule has 1 aromatic carbocycles. The molecule has 1 N–H and O–H groups in total. The zero-order valence-corrected chi connectivity index (χ0v) is 14.0. The molecule has 0 aromatic heterocycles. The van der Waals surface area contributed by atoms with Crippen LogP contribution in [0.4, 0.5) is 0 Å². The van der Waals surface area contributed by atoms with E-state index in [-0.39, 0.29) is 11.3 Å². The monoisotopic (exact) mass is 311 g/mol. The van der Waals surface area contributed by atoms with Crippen LogP contribution in [-0.4, -0.2) is 24.9 Å². The fraction of sp³-hybridized carbons (Fsp3) is 0.588. The lowest BCUT2D eigenvalue weighted by atomic mass is 9.84. The van der Waals surface area contributed by atoms with E-state index in [0.29, 0.717) is 25.5 Å². The van der Waals surface area contributed by atoms with Crippen LogP contribution in [0, 0.1) is 12.3 Å². The van der Waals surface area contributed by atoms with Gasteiger partial charge in [-0.15, -0.1) is 11.6 Å². The molecule has 3 nitrogen and oxygen atoms in total. The van der Waals surface area contributed by atoms with Crippen LogP contribution in [-0.2, 0) is 4.79 Å². The first-order chi connectivity index (χ1) is 10.0. The number of carbonyl (C=O) groups is 1. The summed E-state index contributed by atoms with van der Waals surface area (Å²) in [6, 6.07) is 7.82. The van der Waals surface area contributed by atoms with E-state index in [0.717, 1.165) is 24.2 Å². The third-order valence-electron chi connectivity index (χ3n) is 4.03. The first-order valence-electron chi connectivity index (χ1n) is 7.57. The minimum absolute atomic E-state index is 0.00855. The number of rotatable bonds is 9. The Balaban J connectivity index is 2.31. The average molecular weight is 312 g/mol. The van der Waals surface area contributed by atoms with Gasteiger partial charge >= 0.3 is 0 Å². The molecule has 1 aromatic rings. The largest absolute Gasteiger partial charge is 0.493 e. The number of ether oxygens (including phenoxy) is 1. The predicted octanol–water partition coefficient (Wildman–Crippen LogP) is 3.93. The maximum absolute atomic E-state index is 11.9. The van der Waals surface area contributed by atoms with Crippen molar-refractivity contribution in [2.45, 2.75) is 40.0 Å². The van der Waals surface area contributed by atoms with Crippen molar-refractivity contribution >= 4 is 17.5 Å². The van der Waals surface area contributed by atoms with E-state index in [9.17, 15) is 4.79 Å². The van der Waals surface area contributed by atoms with Gasteiger partial charge in [0.25, 0.3) is 0 Å². The highest BCUT2D eigenvalue weighted by atomic mass is 35.5. The maximum atomic E-state index is 11.9. The van der Waals surface area contributed by atoms with E-state index >= 15 is 0 Å². The first-order valence-corrected chi connectivity index (χ1v) is 8.11. The molecule has 1 rings (SSSR count). The molecule has 0 bridgehead atoms. The molecular weight excluding hydrogens is 286 g/mol. The number of amides is 1. The zero-order chi connectivity index (χ0) is 15.7. The molecule has 4 heteroatoms. The summed E-state index contributed by atoms with van der Waals surface area (Å²) in [6.45, 7) is 7.26. The van der Waals surface area contributed by atoms with Crippen LogP contribution in [0.25, 0.3) is 0 Å². The van der Waals surface area contributed by atoms with E-state index in [2.05, 4.69) is 19.2 Å². The van der Waals surface area contributed by atoms with Crippen molar-refractivity contribution in [2.24, 2.45) is 5.41 Å². The van der Waals surface area contributed by atoms with Crippen LogP contribution in [0.3, 0.4) is 0 Å². The maximum Gasteiger partial charge on any atom is 0.223 e. The molecule has 0 aliphatic heterocycles. The van der Waals surface area contributed by atoms with Crippen molar-refractivity contribution < 1.29 is 9.53 Å². The van der Waals surface area contributed by atoms with Gasteiger partial charge in [0.05, 0.1) is 13.0 Å². The van der Waals surface area contributed by atoms with Gasteiger partial charge in [0.1, 0.15) is 5.75 Å². The Bertz CT molecular complexity index is 436. The fourth-order valence-corrected chi connectivity index (χ4v) is 2.55. The molecule has 0 aliphatic carbocycles. The molecule has 0 radical (unpaired) electrons. The summed E-state index contributed by atoms with van der Waals surface area (Å²) in [4.78, 5) is 11.9. The Morgan fingerprint density at radius 3 is 2.62 bits per heavy atom. The van der Waals surface area contributed by atoms with Crippen LogP contribution < -0.4 is 10.1 Å². The SMILES string of the molecule is CCC(CC)(CCl)CNC(=O)CCOc1cccc(C)c1. The Morgan fingerprint density at radius 2 is 2.05 bits per heavy atom. The van der Waals surface area contributed by atoms with Crippen molar-refractivity contribution in [1.29, 1.82) is 0 Å². The number of alkyl halides is 1. The highest BCUT2D eigenvalue weighted by molar-refractivity contribution is 6.18. The van der Waals surface area contributed by atoms with E-state index in [4.69, 9.17) is 16.3 Å². The smallest absolute Gasteiger partial charge is 0.223 e. The van der Waals surface area contributed by atoms with Crippen molar-refractivity contribution in [1.82, 2.24) is 5.32 Å². The van der Waals surface area contributed by atoms with Crippen molar-refractivity contribution in [3.8, 4) is 5.75 Å². The topological polar surface area (TPSA) is 38.3 Å². The number of carbonyl (C=O) groups excluding carboxylic acids is 1. The minimum atomic E-state index is 0.00855. The van der Waals surface area contributed by atoms with Gasteiger partial charge in [-0.05, 0) is 37.5 Å². The zero-order valence-electron chi connectivity index (χ0n) is 13.2. The molecule has 0 saturated carbocycles. The van der Waals surface area contributed by atoms with E-state index < -0.39 is 0 Å². The second-order valence-corrected chi connectivity index (χ2v) is 5.80. The normalized spacial score (nSPS) is 11.2. The van der Waals surface area contributed by atoms with Crippen LogP contribution in [0.2, 0.25) is 0 Å². The van der Waals surface area contributed by atoms with E-state index in [1.54, 1.807) is 0 Å². The van der Waals surface area contributed by atoms with Crippen LogP contribution in [0.1, 0.15) is 38.7 Å². The van der Waals surface area contributed by atoms with Gasteiger partial charge in [-0.25, -0.2) is 0 Å². The number of hydrogen-bond acceptors (Lipinski definition) is 2. The van der Waals surface area contributed by atoms with Gasteiger partial charge in [0.15, 0.2) is 0 Å². The average Bonchev–Trinajstić information content (AvgIpc) is 2.49. The van der Waals surface area contributed by atoms with Gasteiger partial charge in [-0.2, -0.15) is 0 Å². The number of hydrogen-bond donors (Lipinski definition) is 1. The summed E-state index contributed by atoms with van der Waals surface area (Å²) in [5.41, 5.74) is 1.16. The summed E-state index contributed by atoms with van der Waals surface area (Å²) in [5.74, 6) is 1.39. The van der Waals surface area contributed by atoms with Gasteiger partial charge < -0.3 is 10.1 Å². The number of halogens is 1. The van der Waals surface area contributed by atoms with E-state index in [1.165, 1.54) is 0 Å². The predicted molar refractivity (Wildman–Crippen MR) is 88.0 cm³/mol. The van der Waals surface area contributed by atoms with Gasteiger partial charge in [-0.1, -0.05) is 26.0 Å². The molecule has 0 fully saturated rings. The second kappa shape index (κ2) is 8.93. The highest BCUT2D eigenvalue weighted by Crippen LogP contribution is 2.26. The quantitative estimate of drug-likeness (QED) is 0.702. The van der Waals surface area contributed by atoms with Crippen LogP contribution in [0.5, 0.6) is 5.75 Å². The Hall–Kier alpha value is -1.22. The molecule has 0 unspecified atom stereocenters. The first kappa shape index (κ1) is 17.8. The van der Waals surface area contributed by atoms with Crippen molar-refractivity contribution in [2.75, 3.05) is 19.0 Å². The third kappa shape index (κ3) is 5.96. The number of benzene rings is 1. The molecule has 1 amide bonds. The van der Waals surface area contributed by atoms with Gasteiger partial charge in [0.2, 0.25) is 5.91 Å². The molecule has 21 heavy (non-hydrogen) atoms. The Morgan fingerprint density at radius 1 is 1.33 bits per heavy atom. The summed E-state index contributed by atoms with van der Waals surface area (Å²) < 4.78 is 5.58. The summed E-state index contributed by atoms with van der Waals surface area (Å²) in [7, 11) is 0.